The van der Waals surface area contributed by atoms with Crippen LogP contribution in [0.5, 0.6) is 0 Å². The minimum Gasteiger partial charge on any atom is -0.481 e. The van der Waals surface area contributed by atoms with Crippen molar-refractivity contribution in [2.45, 2.75) is 24.1 Å². The van der Waals surface area contributed by atoms with E-state index in [1.54, 1.807) is 0 Å². The summed E-state index contributed by atoms with van der Waals surface area (Å²) in [6.45, 7) is 2.40. The van der Waals surface area contributed by atoms with Crippen LogP contribution < -0.4 is 4.72 Å². The summed E-state index contributed by atoms with van der Waals surface area (Å²) in [6, 6.07) is 0. The fourth-order valence-electron chi connectivity index (χ4n) is 1.12. The molecule has 1 aromatic heterocycles. The molecule has 0 bridgehead atoms. The first-order valence-electron chi connectivity index (χ1n) is 5.77. The van der Waals surface area contributed by atoms with Crippen LogP contribution in [-0.4, -0.2) is 53.3 Å². The zero-order valence-corrected chi connectivity index (χ0v) is 13.5. The highest BCUT2D eigenvalue weighted by Gasteiger charge is 2.19. The van der Waals surface area contributed by atoms with Gasteiger partial charge in [-0.15, -0.1) is 10.2 Å². The average Bonchev–Trinajstić information content (AvgIpc) is 2.80. The first kappa shape index (κ1) is 17.1. The predicted molar refractivity (Wildman–Crippen MR) is 78.3 cm³/mol. The zero-order valence-electron chi connectivity index (χ0n) is 11.1. The summed E-state index contributed by atoms with van der Waals surface area (Å²) in [4.78, 5) is 10.4. The predicted octanol–water partition coefficient (Wildman–Crippen LogP) is 1.10. The molecule has 2 N–H and O–H groups in total. The van der Waals surface area contributed by atoms with E-state index in [1.807, 2.05) is 6.92 Å². The van der Waals surface area contributed by atoms with Gasteiger partial charge in [-0.25, -0.2) is 4.72 Å². The molecule has 0 fully saturated rings. The van der Waals surface area contributed by atoms with Crippen LogP contribution in [0.1, 0.15) is 19.8 Å². The largest absolute Gasteiger partial charge is 0.481 e. The highest BCUT2D eigenvalue weighted by atomic mass is 32.2. The minimum atomic E-state index is -3.64. The summed E-state index contributed by atoms with van der Waals surface area (Å²) in [5, 5.41) is 16.1. The van der Waals surface area contributed by atoms with Gasteiger partial charge in [0, 0.05) is 13.6 Å². The van der Waals surface area contributed by atoms with Crippen molar-refractivity contribution in [2.75, 3.05) is 24.1 Å². The number of thioether (sulfide) groups is 1. The highest BCUT2D eigenvalue weighted by molar-refractivity contribution is 8.01. The van der Waals surface area contributed by atoms with E-state index < -0.39 is 16.2 Å². The van der Waals surface area contributed by atoms with E-state index in [1.165, 1.54) is 11.4 Å². The standard InChI is InChI=1S/C9H16N4O4S3/c1-3-4-5-13(2)20(16,17)12-8-10-11-9(19-8)18-6-7(14)15/h3-6H2,1-2H3,(H,10,12)(H,14,15). The molecule has 0 aliphatic rings. The smallest absolute Gasteiger partial charge is 0.313 e. The molecule has 0 aliphatic carbocycles. The Kier molecular flexibility index (Phi) is 6.65. The molecule has 0 spiro atoms. The van der Waals surface area contributed by atoms with Gasteiger partial charge in [0.25, 0.3) is 0 Å². The third-order valence-electron chi connectivity index (χ3n) is 2.18. The minimum absolute atomic E-state index is 0.126. The number of carboxylic acid groups (broad SMARTS) is 1. The maximum atomic E-state index is 11.9. The average molecular weight is 340 g/mol. The molecule has 0 aromatic carbocycles. The Balaban J connectivity index is 2.61. The number of aliphatic carboxylic acids is 1. The number of nitrogens with zero attached hydrogens (tertiary/aromatic N) is 3. The summed E-state index contributed by atoms with van der Waals surface area (Å²) in [6.07, 6.45) is 1.67. The molecule has 11 heteroatoms. The second-order valence-electron chi connectivity index (χ2n) is 3.84. The van der Waals surface area contributed by atoms with Crippen molar-refractivity contribution in [1.29, 1.82) is 0 Å². The molecule has 0 aliphatic heterocycles. The number of rotatable bonds is 9. The molecular formula is C9H16N4O4S3. The normalized spacial score (nSPS) is 11.8. The van der Waals surface area contributed by atoms with Gasteiger partial charge in [0.2, 0.25) is 5.13 Å². The van der Waals surface area contributed by atoms with Crippen LogP contribution in [0.3, 0.4) is 0 Å². The number of hydrogen-bond donors (Lipinski definition) is 2. The number of carbonyl (C=O) groups is 1. The van der Waals surface area contributed by atoms with Gasteiger partial charge in [-0.3, -0.25) is 4.79 Å². The maximum absolute atomic E-state index is 11.9. The molecule has 20 heavy (non-hydrogen) atoms. The molecule has 1 heterocycles. The highest BCUT2D eigenvalue weighted by Crippen LogP contribution is 2.26. The van der Waals surface area contributed by atoms with Crippen LogP contribution in [0.25, 0.3) is 0 Å². The summed E-state index contributed by atoms with van der Waals surface area (Å²) >= 11 is 2.00. The van der Waals surface area contributed by atoms with Gasteiger partial charge in [0.05, 0.1) is 5.75 Å². The lowest BCUT2D eigenvalue weighted by Gasteiger charge is -2.16. The number of anilines is 1. The van der Waals surface area contributed by atoms with E-state index in [2.05, 4.69) is 14.9 Å². The molecule has 0 radical (unpaired) electrons. The summed E-state index contributed by atoms with van der Waals surface area (Å²) in [5.41, 5.74) is 0. The first-order valence-corrected chi connectivity index (χ1v) is 9.01. The molecule has 0 saturated carbocycles. The summed E-state index contributed by atoms with van der Waals surface area (Å²) in [7, 11) is -2.15. The topological polar surface area (TPSA) is 112 Å². The SMILES string of the molecule is CCCCN(C)S(=O)(=O)Nc1nnc(SCC(=O)O)s1. The molecule has 0 unspecified atom stereocenters. The van der Waals surface area contributed by atoms with Crippen LogP contribution in [0.2, 0.25) is 0 Å². The van der Waals surface area contributed by atoms with Crippen molar-refractivity contribution < 1.29 is 18.3 Å². The van der Waals surface area contributed by atoms with Gasteiger partial charge >= 0.3 is 16.2 Å². The van der Waals surface area contributed by atoms with E-state index in [0.717, 1.165) is 35.9 Å². The Morgan fingerprint density at radius 3 is 2.80 bits per heavy atom. The van der Waals surface area contributed by atoms with Crippen LogP contribution in [0.4, 0.5) is 5.13 Å². The van der Waals surface area contributed by atoms with E-state index >= 15 is 0 Å². The lowest BCUT2D eigenvalue weighted by Crippen LogP contribution is -2.33. The van der Waals surface area contributed by atoms with Gasteiger partial charge in [0.1, 0.15) is 0 Å². The number of hydrogen-bond acceptors (Lipinski definition) is 7. The number of carboxylic acids is 1. The van der Waals surface area contributed by atoms with Gasteiger partial charge in [0.15, 0.2) is 4.34 Å². The molecule has 0 saturated heterocycles. The molecule has 1 rings (SSSR count). The number of aromatic nitrogens is 2. The van der Waals surface area contributed by atoms with Gasteiger partial charge in [-0.2, -0.15) is 12.7 Å². The quantitative estimate of drug-likeness (QED) is 0.647. The zero-order chi connectivity index (χ0) is 15.2. The number of nitrogens with one attached hydrogen (secondary N) is 1. The third kappa shape index (κ3) is 5.61. The van der Waals surface area contributed by atoms with Crippen molar-refractivity contribution in [1.82, 2.24) is 14.5 Å². The molecular weight excluding hydrogens is 324 g/mol. The van der Waals surface area contributed by atoms with Crippen LogP contribution >= 0.6 is 23.1 Å². The van der Waals surface area contributed by atoms with Crippen LogP contribution in [-0.2, 0) is 15.0 Å². The van der Waals surface area contributed by atoms with Crippen LogP contribution in [0.15, 0.2) is 4.34 Å². The monoisotopic (exact) mass is 340 g/mol. The Morgan fingerprint density at radius 2 is 2.20 bits per heavy atom. The fourth-order valence-corrected chi connectivity index (χ4v) is 3.71. The fraction of sp³-hybridized carbons (Fsp3) is 0.667. The first-order chi connectivity index (χ1) is 9.35. The van der Waals surface area contributed by atoms with Gasteiger partial charge in [-0.05, 0) is 6.42 Å². The van der Waals surface area contributed by atoms with E-state index in [-0.39, 0.29) is 10.9 Å². The Bertz CT molecular complexity index is 545. The third-order valence-corrected chi connectivity index (χ3v) is 5.72. The molecule has 0 amide bonds. The molecule has 0 atom stereocenters. The second kappa shape index (κ2) is 7.76. The van der Waals surface area contributed by atoms with Crippen molar-refractivity contribution in [2.24, 2.45) is 0 Å². The summed E-state index contributed by atoms with van der Waals surface area (Å²) < 4.78 is 27.8. The molecule has 8 nitrogen and oxygen atoms in total. The maximum Gasteiger partial charge on any atom is 0.313 e. The second-order valence-corrected chi connectivity index (χ2v) is 7.82. The Hall–Kier alpha value is -0.910. The van der Waals surface area contributed by atoms with Crippen molar-refractivity contribution in [3.63, 3.8) is 0 Å². The summed E-state index contributed by atoms with van der Waals surface area (Å²) in [5.74, 6) is -1.11. The van der Waals surface area contributed by atoms with E-state index in [4.69, 9.17) is 5.11 Å². The molecule has 1 aromatic rings. The molecule has 114 valence electrons. The van der Waals surface area contributed by atoms with E-state index in [0.29, 0.717) is 10.9 Å². The lowest BCUT2D eigenvalue weighted by molar-refractivity contribution is -0.133. The lowest BCUT2D eigenvalue weighted by atomic mass is 10.3. The Labute approximate surface area is 125 Å². The van der Waals surface area contributed by atoms with Gasteiger partial charge in [-0.1, -0.05) is 36.4 Å². The van der Waals surface area contributed by atoms with Crippen molar-refractivity contribution >= 4 is 44.4 Å². The van der Waals surface area contributed by atoms with E-state index in [9.17, 15) is 13.2 Å². The van der Waals surface area contributed by atoms with Crippen molar-refractivity contribution in [3.05, 3.63) is 0 Å². The van der Waals surface area contributed by atoms with Crippen LogP contribution in [0, 0.1) is 0 Å². The van der Waals surface area contributed by atoms with Gasteiger partial charge < -0.3 is 5.11 Å². The van der Waals surface area contributed by atoms with Crippen molar-refractivity contribution in [3.8, 4) is 0 Å². The Morgan fingerprint density at radius 1 is 1.50 bits per heavy atom. The number of unbranched alkanes of at least 4 members (excludes halogenated alkanes) is 1.